The number of carbonyl (C=O) groups is 1. The normalized spacial score (nSPS) is 39.7. The number of carbonyl (C=O) groups excluding carboxylic acids is 1. The molecule has 2 saturated heterocycles. The van der Waals surface area contributed by atoms with Gasteiger partial charge in [-0.25, -0.2) is 14.7 Å². The largest absolute Gasteiger partial charge is 0.343 e. The highest BCUT2D eigenvalue weighted by Crippen LogP contribution is 2.24. The second-order valence-electron chi connectivity index (χ2n) is 1.98. The zero-order chi connectivity index (χ0) is 6.43. The van der Waals surface area contributed by atoms with Gasteiger partial charge in [-0.1, -0.05) is 0 Å². The molecule has 1 N–H and O–H groups in total. The van der Waals surface area contributed by atoms with Crippen LogP contribution in [0.1, 0.15) is 0 Å². The lowest BCUT2D eigenvalue weighted by Crippen LogP contribution is -2.45. The molecule has 0 aromatic rings. The maximum Gasteiger partial charge on any atom is 0.343 e. The van der Waals surface area contributed by atoms with E-state index in [1.165, 1.54) is 7.05 Å². The Morgan fingerprint density at radius 1 is 1.78 bits per heavy atom. The first-order valence-electron chi connectivity index (χ1n) is 2.64. The molecule has 0 aromatic heterocycles. The molecule has 2 aliphatic rings. The highest BCUT2D eigenvalue weighted by atomic mass is 16.9. The first-order chi connectivity index (χ1) is 4.27. The van der Waals surface area contributed by atoms with E-state index in [1.807, 2.05) is 0 Å². The highest BCUT2D eigenvalue weighted by molar-refractivity contribution is 5.73. The molecule has 0 saturated carbocycles. The number of fused-ring (bicyclic) bond motifs is 1. The third-order valence-corrected chi connectivity index (χ3v) is 1.27. The second-order valence-corrected chi connectivity index (χ2v) is 1.98. The summed E-state index contributed by atoms with van der Waals surface area (Å²) in [6.45, 7) is 0. The molecular formula is C4H6N2O3. The fourth-order valence-electron chi connectivity index (χ4n) is 0.698. The van der Waals surface area contributed by atoms with Gasteiger partial charge in [-0.2, -0.15) is 0 Å². The molecule has 2 rings (SSSR count). The number of hydrogen-bond acceptors (Lipinski definition) is 3. The fraction of sp³-hybridized carbons (Fsp3) is 0.750. The summed E-state index contributed by atoms with van der Waals surface area (Å²) in [4.78, 5) is 15.5. The monoisotopic (exact) mass is 130 g/mol. The van der Waals surface area contributed by atoms with Gasteiger partial charge >= 0.3 is 6.03 Å². The van der Waals surface area contributed by atoms with Crippen molar-refractivity contribution in [1.29, 1.82) is 0 Å². The van der Waals surface area contributed by atoms with E-state index in [0.717, 1.165) is 5.06 Å². The van der Waals surface area contributed by atoms with Crippen LogP contribution in [0.4, 0.5) is 4.79 Å². The number of hydrogen-bond donors (Lipinski definition) is 1. The van der Waals surface area contributed by atoms with E-state index in [0.29, 0.717) is 0 Å². The summed E-state index contributed by atoms with van der Waals surface area (Å²) in [5, 5.41) is 3.66. The Labute approximate surface area is 51.5 Å². The molecule has 50 valence electrons. The Morgan fingerprint density at radius 3 is 3.22 bits per heavy atom. The van der Waals surface area contributed by atoms with E-state index in [9.17, 15) is 4.79 Å². The number of nitrogens with zero attached hydrogens (tertiary/aromatic N) is 1. The van der Waals surface area contributed by atoms with Crippen molar-refractivity contribution in [3.63, 3.8) is 0 Å². The number of amides is 2. The lowest BCUT2D eigenvalue weighted by atomic mass is 10.6. The van der Waals surface area contributed by atoms with Crippen LogP contribution in [0.5, 0.6) is 0 Å². The molecule has 9 heavy (non-hydrogen) atoms. The third-order valence-electron chi connectivity index (χ3n) is 1.27. The first kappa shape index (κ1) is 5.01. The summed E-state index contributed by atoms with van der Waals surface area (Å²) in [5.41, 5.74) is 0. The zero-order valence-corrected chi connectivity index (χ0v) is 4.83. The first-order valence-corrected chi connectivity index (χ1v) is 2.64. The standard InChI is InChI=1S/C4H6N2O3/c1-6-4(7)5-2-3(8-2)9-6/h2-3H,1H3,(H,5,7). The van der Waals surface area contributed by atoms with Gasteiger partial charge in [0.15, 0.2) is 6.23 Å². The average Bonchev–Trinajstić information content (AvgIpc) is 2.46. The predicted molar refractivity (Wildman–Crippen MR) is 26.0 cm³/mol. The van der Waals surface area contributed by atoms with Gasteiger partial charge in [-0.15, -0.1) is 0 Å². The van der Waals surface area contributed by atoms with E-state index in [4.69, 9.17) is 9.57 Å². The van der Waals surface area contributed by atoms with E-state index < -0.39 is 0 Å². The van der Waals surface area contributed by atoms with Gasteiger partial charge in [0, 0.05) is 7.05 Å². The van der Waals surface area contributed by atoms with Crippen LogP contribution in [-0.4, -0.2) is 30.7 Å². The lowest BCUT2D eigenvalue weighted by molar-refractivity contribution is -0.145. The molecule has 2 atom stereocenters. The molecule has 0 bridgehead atoms. The van der Waals surface area contributed by atoms with E-state index in [2.05, 4.69) is 5.32 Å². The summed E-state index contributed by atoms with van der Waals surface area (Å²) >= 11 is 0. The molecular weight excluding hydrogens is 124 g/mol. The van der Waals surface area contributed by atoms with Crippen LogP contribution in [0.25, 0.3) is 0 Å². The van der Waals surface area contributed by atoms with Crippen molar-refractivity contribution in [2.45, 2.75) is 12.5 Å². The van der Waals surface area contributed by atoms with Crippen LogP contribution in [0.15, 0.2) is 0 Å². The van der Waals surface area contributed by atoms with E-state index in [-0.39, 0.29) is 18.5 Å². The van der Waals surface area contributed by atoms with Crippen molar-refractivity contribution in [2.24, 2.45) is 0 Å². The third kappa shape index (κ3) is 0.655. The predicted octanol–water partition coefficient (Wildman–Crippen LogP) is -0.745. The van der Waals surface area contributed by atoms with Gasteiger partial charge < -0.3 is 10.1 Å². The topological polar surface area (TPSA) is 54.1 Å². The quantitative estimate of drug-likeness (QED) is 0.439. The van der Waals surface area contributed by atoms with Gasteiger partial charge in [0.2, 0.25) is 6.29 Å². The molecule has 2 fully saturated rings. The van der Waals surface area contributed by atoms with Crippen LogP contribution in [0.2, 0.25) is 0 Å². The number of hydroxylamine groups is 2. The van der Waals surface area contributed by atoms with Crippen molar-refractivity contribution < 1.29 is 14.4 Å². The number of rotatable bonds is 0. The van der Waals surface area contributed by atoms with Crippen LogP contribution in [0, 0.1) is 0 Å². The van der Waals surface area contributed by atoms with Crippen LogP contribution in [0.3, 0.4) is 0 Å². The Kier molecular flexibility index (Phi) is 0.762. The van der Waals surface area contributed by atoms with Gasteiger partial charge in [-0.05, 0) is 0 Å². The summed E-state index contributed by atoms with van der Waals surface area (Å²) in [5.74, 6) is 0. The molecule has 5 nitrogen and oxygen atoms in total. The second kappa shape index (κ2) is 1.37. The van der Waals surface area contributed by atoms with Gasteiger partial charge in [0.25, 0.3) is 0 Å². The van der Waals surface area contributed by atoms with Gasteiger partial charge in [0.1, 0.15) is 0 Å². The van der Waals surface area contributed by atoms with Crippen LogP contribution >= 0.6 is 0 Å². The SMILES string of the molecule is CN1OC2OC2NC1=O. The maximum atomic E-state index is 10.6. The minimum atomic E-state index is -0.256. The Balaban J connectivity index is 2.06. The Morgan fingerprint density at radius 2 is 2.56 bits per heavy atom. The lowest BCUT2D eigenvalue weighted by Gasteiger charge is -2.18. The average molecular weight is 130 g/mol. The van der Waals surface area contributed by atoms with Gasteiger partial charge in [-0.3, -0.25) is 0 Å². The number of urea groups is 1. The minimum Gasteiger partial charge on any atom is -0.317 e. The molecule has 0 aliphatic carbocycles. The molecule has 5 heteroatoms. The molecule has 0 spiro atoms. The Bertz CT molecular complexity index is 160. The zero-order valence-electron chi connectivity index (χ0n) is 4.83. The summed E-state index contributed by atoms with van der Waals surface area (Å²) in [7, 11) is 1.53. The molecule has 0 radical (unpaired) electrons. The van der Waals surface area contributed by atoms with E-state index >= 15 is 0 Å². The summed E-state index contributed by atoms with van der Waals surface area (Å²) in [6, 6.07) is -0.256. The molecule has 2 amide bonds. The van der Waals surface area contributed by atoms with E-state index in [1.54, 1.807) is 0 Å². The highest BCUT2D eigenvalue weighted by Gasteiger charge is 2.48. The van der Waals surface area contributed by atoms with Crippen molar-refractivity contribution in [3.8, 4) is 0 Å². The van der Waals surface area contributed by atoms with Gasteiger partial charge in [0.05, 0.1) is 0 Å². The molecule has 2 heterocycles. The molecule has 0 aromatic carbocycles. The number of ether oxygens (including phenoxy) is 1. The van der Waals surface area contributed by atoms with Crippen LogP contribution < -0.4 is 5.32 Å². The van der Waals surface area contributed by atoms with Crippen molar-refractivity contribution >= 4 is 6.03 Å². The maximum absolute atomic E-state index is 10.6. The van der Waals surface area contributed by atoms with Crippen molar-refractivity contribution in [3.05, 3.63) is 0 Å². The minimum absolute atomic E-state index is 0.200. The Hall–Kier alpha value is -0.810. The van der Waals surface area contributed by atoms with Crippen molar-refractivity contribution in [1.82, 2.24) is 10.4 Å². The molecule has 2 aliphatic heterocycles. The number of nitrogens with one attached hydrogen (secondary N) is 1. The summed E-state index contributed by atoms with van der Waals surface area (Å²) in [6.07, 6.45) is -0.443. The fourth-order valence-corrected chi connectivity index (χ4v) is 0.698. The smallest absolute Gasteiger partial charge is 0.317 e. The van der Waals surface area contributed by atoms with Crippen molar-refractivity contribution in [2.75, 3.05) is 7.05 Å². The molecule has 2 unspecified atom stereocenters. The number of epoxide rings is 1. The summed E-state index contributed by atoms with van der Waals surface area (Å²) < 4.78 is 4.82. The van der Waals surface area contributed by atoms with Crippen LogP contribution in [-0.2, 0) is 9.57 Å².